The number of fused-ring (bicyclic) bond motifs is 1. The summed E-state index contributed by atoms with van der Waals surface area (Å²) >= 11 is 0. The minimum Gasteiger partial charge on any atom is -0.457 e. The van der Waals surface area contributed by atoms with Gasteiger partial charge in [0.15, 0.2) is 0 Å². The van der Waals surface area contributed by atoms with Crippen molar-refractivity contribution in [2.24, 2.45) is 0 Å². The smallest absolute Gasteiger partial charge is 0.128 e. The highest BCUT2D eigenvalue weighted by molar-refractivity contribution is 5.79. The van der Waals surface area contributed by atoms with E-state index in [9.17, 15) is 5.11 Å². The third-order valence-corrected chi connectivity index (χ3v) is 3.17. The Morgan fingerprint density at radius 3 is 2.50 bits per heavy atom. The molecular weight excluding hydrogens is 250 g/mol. The van der Waals surface area contributed by atoms with Crippen LogP contribution in [-0.2, 0) is 0 Å². The predicted molar refractivity (Wildman–Crippen MR) is 78.9 cm³/mol. The summed E-state index contributed by atoms with van der Waals surface area (Å²) in [6, 6.07) is 17.2. The number of rotatable bonds is 3. The lowest BCUT2D eigenvalue weighted by Gasteiger charge is -2.08. The number of pyridine rings is 1. The third-order valence-electron chi connectivity index (χ3n) is 3.17. The normalized spacial score (nSPS) is 12.3. The van der Waals surface area contributed by atoms with Crippen molar-refractivity contribution in [1.82, 2.24) is 4.98 Å². The fourth-order valence-electron chi connectivity index (χ4n) is 2.07. The van der Waals surface area contributed by atoms with Gasteiger partial charge in [0.05, 0.1) is 11.6 Å². The van der Waals surface area contributed by atoms with Gasteiger partial charge in [-0.1, -0.05) is 18.2 Å². The number of hydrogen-bond donors (Lipinski definition) is 1. The summed E-state index contributed by atoms with van der Waals surface area (Å²) in [7, 11) is 0. The molecule has 0 fully saturated rings. The highest BCUT2D eigenvalue weighted by Crippen LogP contribution is 2.26. The number of nitrogens with zero attached hydrogens (tertiary/aromatic N) is 1. The highest BCUT2D eigenvalue weighted by Gasteiger charge is 2.02. The maximum atomic E-state index is 9.47. The molecule has 20 heavy (non-hydrogen) atoms. The van der Waals surface area contributed by atoms with Gasteiger partial charge in [-0.15, -0.1) is 0 Å². The van der Waals surface area contributed by atoms with Crippen molar-refractivity contribution in [2.45, 2.75) is 13.0 Å². The quantitative estimate of drug-likeness (QED) is 0.775. The molecule has 0 aliphatic heterocycles. The van der Waals surface area contributed by atoms with Crippen LogP contribution in [0.2, 0.25) is 0 Å². The molecule has 0 radical (unpaired) electrons. The van der Waals surface area contributed by atoms with E-state index in [1.165, 1.54) is 0 Å². The maximum absolute atomic E-state index is 9.47. The summed E-state index contributed by atoms with van der Waals surface area (Å²) in [6.45, 7) is 1.74. The van der Waals surface area contributed by atoms with Crippen LogP contribution in [0.1, 0.15) is 18.6 Å². The Morgan fingerprint density at radius 1 is 1.00 bits per heavy atom. The summed E-state index contributed by atoms with van der Waals surface area (Å²) in [4.78, 5) is 4.28. The molecule has 1 N–H and O–H groups in total. The Bertz CT molecular complexity index is 720. The van der Waals surface area contributed by atoms with Crippen molar-refractivity contribution in [3.8, 4) is 11.5 Å². The Hall–Kier alpha value is -2.39. The zero-order chi connectivity index (χ0) is 13.9. The van der Waals surface area contributed by atoms with Gasteiger partial charge in [0.1, 0.15) is 11.5 Å². The summed E-state index contributed by atoms with van der Waals surface area (Å²) in [5.41, 5.74) is 1.82. The van der Waals surface area contributed by atoms with E-state index < -0.39 is 6.10 Å². The molecule has 0 amide bonds. The lowest BCUT2D eigenvalue weighted by Crippen LogP contribution is -1.91. The monoisotopic (exact) mass is 265 g/mol. The first kappa shape index (κ1) is 12.6. The minimum absolute atomic E-state index is 0.462. The van der Waals surface area contributed by atoms with Crippen LogP contribution in [0.15, 0.2) is 60.8 Å². The van der Waals surface area contributed by atoms with Gasteiger partial charge in [-0.3, -0.25) is 4.98 Å². The first-order chi connectivity index (χ1) is 9.72. The molecule has 1 heterocycles. The average Bonchev–Trinajstić information content (AvgIpc) is 2.48. The highest BCUT2D eigenvalue weighted by atomic mass is 16.5. The van der Waals surface area contributed by atoms with Crippen molar-refractivity contribution >= 4 is 10.9 Å². The van der Waals surface area contributed by atoms with Gasteiger partial charge in [0.2, 0.25) is 0 Å². The van der Waals surface area contributed by atoms with E-state index in [1.54, 1.807) is 13.1 Å². The van der Waals surface area contributed by atoms with Gasteiger partial charge in [0, 0.05) is 11.6 Å². The van der Waals surface area contributed by atoms with Crippen molar-refractivity contribution in [3.63, 3.8) is 0 Å². The predicted octanol–water partition coefficient (Wildman–Crippen LogP) is 4.08. The van der Waals surface area contributed by atoms with Gasteiger partial charge in [-0.05, 0) is 48.9 Å². The van der Waals surface area contributed by atoms with Crippen LogP contribution in [0.5, 0.6) is 11.5 Å². The molecule has 3 nitrogen and oxygen atoms in total. The zero-order valence-corrected chi connectivity index (χ0v) is 11.2. The number of ether oxygens (including phenoxy) is 1. The van der Waals surface area contributed by atoms with Gasteiger partial charge < -0.3 is 9.84 Å². The molecular formula is C17H15NO2. The van der Waals surface area contributed by atoms with E-state index in [0.29, 0.717) is 0 Å². The SMILES string of the molecule is CC(O)c1ccc(Oc2ccc3ncccc3c2)cc1. The molecule has 0 aliphatic carbocycles. The molecule has 1 atom stereocenters. The maximum Gasteiger partial charge on any atom is 0.128 e. The Kier molecular flexibility index (Phi) is 3.35. The Labute approximate surface area is 117 Å². The molecule has 3 rings (SSSR count). The first-order valence-electron chi connectivity index (χ1n) is 6.53. The molecule has 0 aliphatic rings. The average molecular weight is 265 g/mol. The molecule has 0 bridgehead atoms. The van der Waals surface area contributed by atoms with Crippen LogP contribution in [0.25, 0.3) is 10.9 Å². The van der Waals surface area contributed by atoms with Crippen LogP contribution < -0.4 is 4.74 Å². The molecule has 0 saturated heterocycles. The molecule has 1 aromatic heterocycles. The molecule has 1 unspecified atom stereocenters. The van der Waals surface area contributed by atoms with E-state index in [-0.39, 0.29) is 0 Å². The second-order valence-electron chi connectivity index (χ2n) is 4.70. The molecule has 3 aromatic rings. The molecule has 0 spiro atoms. The van der Waals surface area contributed by atoms with E-state index in [1.807, 2.05) is 54.6 Å². The van der Waals surface area contributed by atoms with Crippen molar-refractivity contribution in [1.29, 1.82) is 0 Å². The van der Waals surface area contributed by atoms with Crippen molar-refractivity contribution in [3.05, 3.63) is 66.4 Å². The van der Waals surface area contributed by atoms with Gasteiger partial charge in [-0.25, -0.2) is 0 Å². The number of benzene rings is 2. The molecule has 100 valence electrons. The Balaban J connectivity index is 1.85. The summed E-state index contributed by atoms with van der Waals surface area (Å²) in [5.74, 6) is 1.52. The summed E-state index contributed by atoms with van der Waals surface area (Å²) in [6.07, 6.45) is 1.31. The second kappa shape index (κ2) is 5.31. The number of aliphatic hydroxyl groups is 1. The van der Waals surface area contributed by atoms with E-state index in [2.05, 4.69) is 4.98 Å². The topological polar surface area (TPSA) is 42.4 Å². The molecule has 3 heteroatoms. The largest absolute Gasteiger partial charge is 0.457 e. The van der Waals surface area contributed by atoms with Gasteiger partial charge in [0.25, 0.3) is 0 Å². The fraction of sp³-hybridized carbons (Fsp3) is 0.118. The van der Waals surface area contributed by atoms with Crippen LogP contribution >= 0.6 is 0 Å². The van der Waals surface area contributed by atoms with Crippen LogP contribution in [-0.4, -0.2) is 10.1 Å². The van der Waals surface area contributed by atoms with Gasteiger partial charge in [-0.2, -0.15) is 0 Å². The molecule has 0 saturated carbocycles. The zero-order valence-electron chi connectivity index (χ0n) is 11.2. The standard InChI is InChI=1S/C17H15NO2/c1-12(19)13-4-6-15(7-5-13)20-16-8-9-17-14(11-16)3-2-10-18-17/h2-12,19H,1H3. The summed E-state index contributed by atoms with van der Waals surface area (Å²) in [5, 5.41) is 10.5. The van der Waals surface area contributed by atoms with Crippen molar-refractivity contribution < 1.29 is 9.84 Å². The van der Waals surface area contributed by atoms with Gasteiger partial charge >= 0.3 is 0 Å². The Morgan fingerprint density at radius 2 is 1.75 bits per heavy atom. The van der Waals surface area contributed by atoms with Crippen LogP contribution in [0.3, 0.4) is 0 Å². The van der Waals surface area contributed by atoms with E-state index in [0.717, 1.165) is 28.0 Å². The number of hydrogen-bond acceptors (Lipinski definition) is 3. The van der Waals surface area contributed by atoms with Crippen LogP contribution in [0.4, 0.5) is 0 Å². The second-order valence-corrected chi connectivity index (χ2v) is 4.70. The third kappa shape index (κ3) is 2.63. The van der Waals surface area contributed by atoms with E-state index >= 15 is 0 Å². The first-order valence-corrected chi connectivity index (χ1v) is 6.53. The minimum atomic E-state index is -0.462. The van der Waals surface area contributed by atoms with Crippen LogP contribution in [0, 0.1) is 0 Å². The molecule has 2 aromatic carbocycles. The fourth-order valence-corrected chi connectivity index (χ4v) is 2.07. The van der Waals surface area contributed by atoms with Crippen molar-refractivity contribution in [2.75, 3.05) is 0 Å². The number of aliphatic hydroxyl groups excluding tert-OH is 1. The number of aromatic nitrogens is 1. The summed E-state index contributed by atoms with van der Waals surface area (Å²) < 4.78 is 5.81. The lowest BCUT2D eigenvalue weighted by atomic mass is 10.1. The van der Waals surface area contributed by atoms with E-state index in [4.69, 9.17) is 4.74 Å². The lowest BCUT2D eigenvalue weighted by molar-refractivity contribution is 0.199.